The van der Waals surface area contributed by atoms with Crippen molar-refractivity contribution in [2.75, 3.05) is 19.6 Å². The second kappa shape index (κ2) is 16.9. The van der Waals surface area contributed by atoms with Crippen LogP contribution in [0.25, 0.3) is 0 Å². The SMILES string of the molecule is CCC(C)C(=O)C1CCCN1C(=O)C(NC(=O)C1CCCN1C(=O)C(NC(=O)C1CCCN1C(=O)C(N)C(C)C)C(C)C)C(C)CC. The molecule has 0 aliphatic carbocycles. The van der Waals surface area contributed by atoms with Gasteiger partial charge in [-0.25, -0.2) is 0 Å². The third-order valence-electron chi connectivity index (χ3n) is 10.7. The standard InChI is InChI=1S/C35H60N6O6/c1-9-22(7)29(35(47)39-17-11-14-24(39)30(42)23(8)10-2)38-32(44)26-16-13-19-41(26)34(46)28(21(5)6)37-31(43)25-15-12-18-40(25)33(45)27(36)20(3)4/h20-29H,9-19,36H2,1-8H3,(H,37,43)(H,38,44). The number of rotatable bonds is 14. The Morgan fingerprint density at radius 2 is 1.04 bits per heavy atom. The highest BCUT2D eigenvalue weighted by Gasteiger charge is 2.44. The van der Waals surface area contributed by atoms with E-state index in [4.69, 9.17) is 5.73 Å². The summed E-state index contributed by atoms with van der Waals surface area (Å²) in [6.45, 7) is 16.4. The number of amides is 5. The highest BCUT2D eigenvalue weighted by Crippen LogP contribution is 2.27. The number of Topliss-reactive ketones (excluding diaryl/α,β-unsaturated/α-hetero) is 1. The van der Waals surface area contributed by atoms with Crippen LogP contribution in [0.3, 0.4) is 0 Å². The summed E-state index contributed by atoms with van der Waals surface area (Å²) in [7, 11) is 0. The highest BCUT2D eigenvalue weighted by molar-refractivity contribution is 5.97. The van der Waals surface area contributed by atoms with E-state index in [0.29, 0.717) is 64.6 Å². The minimum Gasteiger partial charge on any atom is -0.342 e. The minimum absolute atomic E-state index is 0.0646. The Bertz CT molecular complexity index is 1160. The Hall–Kier alpha value is -3.02. The van der Waals surface area contributed by atoms with Crippen molar-refractivity contribution in [2.45, 2.75) is 143 Å². The largest absolute Gasteiger partial charge is 0.342 e. The van der Waals surface area contributed by atoms with Crippen molar-refractivity contribution in [2.24, 2.45) is 29.4 Å². The fraction of sp³-hybridized carbons (Fsp3) is 0.829. The fourth-order valence-corrected chi connectivity index (χ4v) is 6.99. The first-order valence-electron chi connectivity index (χ1n) is 18.0. The van der Waals surface area contributed by atoms with Crippen LogP contribution in [-0.2, 0) is 28.8 Å². The number of nitrogens with two attached hydrogens (primary N) is 1. The summed E-state index contributed by atoms with van der Waals surface area (Å²) >= 11 is 0. The normalized spacial score (nSPS) is 24.7. The fourth-order valence-electron chi connectivity index (χ4n) is 6.99. The van der Waals surface area contributed by atoms with E-state index in [1.165, 1.54) is 9.80 Å². The Morgan fingerprint density at radius 1 is 0.617 bits per heavy atom. The first kappa shape index (κ1) is 38.4. The van der Waals surface area contributed by atoms with Gasteiger partial charge in [-0.1, -0.05) is 61.8 Å². The lowest BCUT2D eigenvalue weighted by Gasteiger charge is -2.35. The van der Waals surface area contributed by atoms with Crippen molar-refractivity contribution in [3.05, 3.63) is 0 Å². The average Bonchev–Trinajstić information content (AvgIpc) is 3.84. The molecule has 0 aromatic heterocycles. The van der Waals surface area contributed by atoms with Crippen molar-refractivity contribution < 1.29 is 28.8 Å². The van der Waals surface area contributed by atoms with Gasteiger partial charge in [-0.3, -0.25) is 28.8 Å². The molecule has 0 aromatic carbocycles. The van der Waals surface area contributed by atoms with E-state index in [1.807, 2.05) is 55.4 Å². The molecule has 8 atom stereocenters. The van der Waals surface area contributed by atoms with Crippen LogP contribution in [0, 0.1) is 23.7 Å². The summed E-state index contributed by atoms with van der Waals surface area (Å²) in [5, 5.41) is 5.90. The second-order valence-electron chi connectivity index (χ2n) is 14.7. The number of nitrogens with zero attached hydrogens (tertiary/aromatic N) is 3. The molecule has 12 heteroatoms. The molecular formula is C35H60N6O6. The first-order chi connectivity index (χ1) is 22.2. The Labute approximate surface area is 281 Å². The molecule has 3 aliphatic rings. The van der Waals surface area contributed by atoms with Gasteiger partial charge >= 0.3 is 0 Å². The molecule has 3 fully saturated rings. The minimum atomic E-state index is -0.892. The van der Waals surface area contributed by atoms with E-state index in [0.717, 1.165) is 6.42 Å². The molecule has 0 radical (unpaired) electrons. The van der Waals surface area contributed by atoms with E-state index in [9.17, 15) is 28.8 Å². The van der Waals surface area contributed by atoms with Gasteiger partial charge < -0.3 is 31.1 Å². The third kappa shape index (κ3) is 8.72. The van der Waals surface area contributed by atoms with E-state index >= 15 is 0 Å². The van der Waals surface area contributed by atoms with Crippen LogP contribution in [0.4, 0.5) is 0 Å². The molecule has 3 saturated heterocycles. The molecule has 0 spiro atoms. The maximum atomic E-state index is 14.0. The zero-order chi connectivity index (χ0) is 35.2. The van der Waals surface area contributed by atoms with E-state index in [-0.39, 0.29) is 47.2 Å². The summed E-state index contributed by atoms with van der Waals surface area (Å²) in [4.78, 5) is 86.2. The lowest BCUT2D eigenvalue weighted by atomic mass is 9.93. The second-order valence-corrected chi connectivity index (χ2v) is 14.7. The third-order valence-corrected chi connectivity index (χ3v) is 10.7. The molecule has 12 nitrogen and oxygen atoms in total. The predicted molar refractivity (Wildman–Crippen MR) is 180 cm³/mol. The zero-order valence-electron chi connectivity index (χ0n) is 29.9. The van der Waals surface area contributed by atoms with Gasteiger partial charge in [0.15, 0.2) is 5.78 Å². The molecule has 0 aromatic rings. The summed E-state index contributed by atoms with van der Waals surface area (Å²) in [5.41, 5.74) is 6.12. The monoisotopic (exact) mass is 660 g/mol. The molecule has 3 rings (SSSR count). The van der Waals surface area contributed by atoms with Crippen LogP contribution in [0.2, 0.25) is 0 Å². The molecule has 3 heterocycles. The Balaban J connectivity index is 1.74. The van der Waals surface area contributed by atoms with Crippen LogP contribution in [0.5, 0.6) is 0 Å². The van der Waals surface area contributed by atoms with Gasteiger partial charge in [0.05, 0.1) is 12.1 Å². The topological polar surface area (TPSA) is 162 Å². The first-order valence-corrected chi connectivity index (χ1v) is 18.0. The molecular weight excluding hydrogens is 600 g/mol. The smallest absolute Gasteiger partial charge is 0.246 e. The van der Waals surface area contributed by atoms with Crippen LogP contribution in [0.15, 0.2) is 0 Å². The molecule has 0 saturated carbocycles. The maximum absolute atomic E-state index is 14.0. The number of likely N-dealkylation sites (tertiary alicyclic amines) is 3. The maximum Gasteiger partial charge on any atom is 0.246 e. The van der Waals surface area contributed by atoms with Crippen molar-refractivity contribution in [3.8, 4) is 0 Å². The van der Waals surface area contributed by atoms with Gasteiger partial charge in [0.25, 0.3) is 0 Å². The molecule has 5 amide bonds. The van der Waals surface area contributed by atoms with Gasteiger partial charge in [-0.15, -0.1) is 0 Å². The van der Waals surface area contributed by atoms with E-state index < -0.39 is 48.1 Å². The van der Waals surface area contributed by atoms with E-state index in [1.54, 1.807) is 4.90 Å². The number of carbonyl (C=O) groups excluding carboxylic acids is 6. The van der Waals surface area contributed by atoms with Gasteiger partial charge in [0, 0.05) is 25.6 Å². The average molecular weight is 661 g/mol. The van der Waals surface area contributed by atoms with Gasteiger partial charge in [0.1, 0.15) is 24.2 Å². The summed E-state index contributed by atoms with van der Waals surface area (Å²) in [6.07, 6.45) is 4.92. The Morgan fingerprint density at radius 3 is 1.49 bits per heavy atom. The number of nitrogens with one attached hydrogen (secondary N) is 2. The molecule has 266 valence electrons. The molecule has 47 heavy (non-hydrogen) atoms. The lowest BCUT2D eigenvalue weighted by molar-refractivity contribution is -0.146. The van der Waals surface area contributed by atoms with Crippen molar-refractivity contribution in [3.63, 3.8) is 0 Å². The molecule has 3 aliphatic heterocycles. The molecule has 0 bridgehead atoms. The summed E-state index contributed by atoms with van der Waals surface area (Å²) < 4.78 is 0. The quantitative estimate of drug-likeness (QED) is 0.257. The number of ketones is 1. The Kier molecular flexibility index (Phi) is 13.8. The number of hydrogen-bond donors (Lipinski definition) is 3. The van der Waals surface area contributed by atoms with Crippen LogP contribution in [0.1, 0.15) is 107 Å². The van der Waals surface area contributed by atoms with Crippen LogP contribution >= 0.6 is 0 Å². The zero-order valence-corrected chi connectivity index (χ0v) is 29.9. The number of carbonyl (C=O) groups is 6. The van der Waals surface area contributed by atoms with Crippen LogP contribution < -0.4 is 16.4 Å². The van der Waals surface area contributed by atoms with Gasteiger partial charge in [-0.2, -0.15) is 0 Å². The molecule has 4 N–H and O–H groups in total. The van der Waals surface area contributed by atoms with Gasteiger partial charge in [-0.05, 0) is 62.7 Å². The van der Waals surface area contributed by atoms with Gasteiger partial charge in [0.2, 0.25) is 29.5 Å². The highest BCUT2D eigenvalue weighted by atomic mass is 16.2. The number of hydrogen-bond acceptors (Lipinski definition) is 7. The van der Waals surface area contributed by atoms with Crippen LogP contribution in [-0.4, -0.2) is 106 Å². The van der Waals surface area contributed by atoms with Crippen molar-refractivity contribution in [1.29, 1.82) is 0 Å². The van der Waals surface area contributed by atoms with Crippen molar-refractivity contribution >= 4 is 35.3 Å². The predicted octanol–water partition coefficient (Wildman–Crippen LogP) is 2.23. The summed E-state index contributed by atoms with van der Waals surface area (Å²) in [6, 6.07) is -4.39. The summed E-state index contributed by atoms with van der Waals surface area (Å²) in [5.74, 6) is -2.28. The lowest BCUT2D eigenvalue weighted by Crippen LogP contribution is -2.60. The molecule has 8 unspecified atom stereocenters. The van der Waals surface area contributed by atoms with Crippen molar-refractivity contribution in [1.82, 2.24) is 25.3 Å². The van der Waals surface area contributed by atoms with E-state index in [2.05, 4.69) is 10.6 Å².